The fraction of sp³-hybridized carbons (Fsp3) is 0.625. The maximum absolute atomic E-state index is 14.1. The monoisotopic (exact) mass is 277 g/mol. The summed E-state index contributed by atoms with van der Waals surface area (Å²) in [6, 6.07) is 5.69. The number of hydrogen-bond acceptors (Lipinski definition) is 3. The molecule has 0 aliphatic carbocycles. The molecule has 4 heteroatoms. The zero-order valence-electron chi connectivity index (χ0n) is 12.2. The first kappa shape index (κ1) is 13.8. The minimum absolute atomic E-state index is 0.176. The lowest BCUT2D eigenvalue weighted by molar-refractivity contribution is 0.273. The van der Waals surface area contributed by atoms with Gasteiger partial charge in [-0.2, -0.15) is 0 Å². The largest absolute Gasteiger partial charge is 0.370 e. The van der Waals surface area contributed by atoms with Gasteiger partial charge in [0.25, 0.3) is 0 Å². The van der Waals surface area contributed by atoms with Crippen LogP contribution >= 0.6 is 0 Å². The molecule has 2 saturated heterocycles. The number of nitrogens with two attached hydrogens (primary N) is 1. The van der Waals surface area contributed by atoms with Crippen molar-refractivity contribution in [1.29, 1.82) is 0 Å². The van der Waals surface area contributed by atoms with Crippen molar-refractivity contribution in [3.63, 3.8) is 0 Å². The van der Waals surface area contributed by atoms with Crippen molar-refractivity contribution in [3.8, 4) is 0 Å². The molecule has 2 N–H and O–H groups in total. The first-order valence-corrected chi connectivity index (χ1v) is 7.70. The van der Waals surface area contributed by atoms with Gasteiger partial charge in [0, 0.05) is 43.0 Å². The first-order valence-electron chi connectivity index (χ1n) is 7.70. The van der Waals surface area contributed by atoms with Gasteiger partial charge in [0.05, 0.1) is 0 Å². The molecule has 2 atom stereocenters. The lowest BCUT2D eigenvalue weighted by atomic mass is 10.0. The van der Waals surface area contributed by atoms with E-state index in [-0.39, 0.29) is 11.9 Å². The normalized spacial score (nSPS) is 25.4. The topological polar surface area (TPSA) is 32.5 Å². The summed E-state index contributed by atoms with van der Waals surface area (Å²) in [6.07, 6.45) is 3.70. The van der Waals surface area contributed by atoms with E-state index in [0.717, 1.165) is 25.2 Å². The van der Waals surface area contributed by atoms with Gasteiger partial charge >= 0.3 is 0 Å². The van der Waals surface area contributed by atoms with Gasteiger partial charge in [-0.1, -0.05) is 6.07 Å². The first-order chi connectivity index (χ1) is 9.66. The fourth-order valence-corrected chi connectivity index (χ4v) is 3.68. The van der Waals surface area contributed by atoms with E-state index >= 15 is 0 Å². The van der Waals surface area contributed by atoms with Gasteiger partial charge in [0.1, 0.15) is 5.82 Å². The molecule has 0 radical (unpaired) electrons. The Balaban J connectivity index is 1.90. The molecule has 2 heterocycles. The van der Waals surface area contributed by atoms with Crippen LogP contribution < -0.4 is 10.6 Å². The van der Waals surface area contributed by atoms with Crippen LogP contribution in [0.25, 0.3) is 0 Å². The highest BCUT2D eigenvalue weighted by molar-refractivity contribution is 5.55. The van der Waals surface area contributed by atoms with Crippen LogP contribution in [0.15, 0.2) is 18.2 Å². The van der Waals surface area contributed by atoms with Crippen LogP contribution in [-0.4, -0.2) is 37.1 Å². The highest BCUT2D eigenvalue weighted by Crippen LogP contribution is 2.31. The van der Waals surface area contributed by atoms with E-state index in [4.69, 9.17) is 5.73 Å². The van der Waals surface area contributed by atoms with Crippen LogP contribution in [0.5, 0.6) is 0 Å². The van der Waals surface area contributed by atoms with Crippen molar-refractivity contribution in [1.82, 2.24) is 4.90 Å². The number of fused-ring (bicyclic) bond motifs is 1. The number of anilines is 1. The SMILES string of the molecule is C[C@@H](N)c1c(F)cccc1N1CCCN2CCCC2C1. The fourth-order valence-electron chi connectivity index (χ4n) is 3.68. The molecule has 2 aliphatic rings. The molecule has 1 aromatic carbocycles. The maximum atomic E-state index is 14.1. The molecule has 0 amide bonds. The lowest BCUT2D eigenvalue weighted by Crippen LogP contribution is -2.37. The second-order valence-corrected chi connectivity index (χ2v) is 6.09. The van der Waals surface area contributed by atoms with Crippen LogP contribution in [0, 0.1) is 5.82 Å². The Kier molecular flexibility index (Phi) is 3.94. The Morgan fingerprint density at radius 2 is 2.05 bits per heavy atom. The molecule has 20 heavy (non-hydrogen) atoms. The average molecular weight is 277 g/mol. The maximum Gasteiger partial charge on any atom is 0.130 e. The molecule has 3 nitrogen and oxygen atoms in total. The van der Waals surface area contributed by atoms with Crippen LogP contribution in [0.2, 0.25) is 0 Å². The van der Waals surface area contributed by atoms with Crippen molar-refractivity contribution in [2.75, 3.05) is 31.1 Å². The van der Waals surface area contributed by atoms with Gasteiger partial charge in [0.15, 0.2) is 0 Å². The summed E-state index contributed by atoms with van der Waals surface area (Å²) in [7, 11) is 0. The molecule has 1 aromatic rings. The van der Waals surface area contributed by atoms with Gasteiger partial charge in [-0.15, -0.1) is 0 Å². The molecule has 3 rings (SSSR count). The Morgan fingerprint density at radius 1 is 1.25 bits per heavy atom. The molecule has 0 spiro atoms. The molecule has 0 saturated carbocycles. The smallest absolute Gasteiger partial charge is 0.130 e. The van der Waals surface area contributed by atoms with Crippen LogP contribution in [0.1, 0.15) is 37.8 Å². The van der Waals surface area contributed by atoms with E-state index < -0.39 is 0 Å². The van der Waals surface area contributed by atoms with E-state index in [1.54, 1.807) is 6.07 Å². The molecule has 1 unspecified atom stereocenters. The second kappa shape index (κ2) is 5.70. The average Bonchev–Trinajstić information content (AvgIpc) is 2.75. The molecule has 0 aromatic heterocycles. The van der Waals surface area contributed by atoms with E-state index in [1.807, 2.05) is 13.0 Å². The summed E-state index contributed by atoms with van der Waals surface area (Å²) in [4.78, 5) is 4.93. The highest BCUT2D eigenvalue weighted by Gasteiger charge is 2.30. The van der Waals surface area contributed by atoms with Gasteiger partial charge in [-0.05, 0) is 44.9 Å². The summed E-state index contributed by atoms with van der Waals surface area (Å²) < 4.78 is 14.1. The summed E-state index contributed by atoms with van der Waals surface area (Å²) >= 11 is 0. The Bertz CT molecular complexity index is 475. The summed E-state index contributed by atoms with van der Waals surface area (Å²) in [6.45, 7) is 6.26. The van der Waals surface area contributed by atoms with E-state index in [2.05, 4.69) is 9.80 Å². The highest BCUT2D eigenvalue weighted by atomic mass is 19.1. The Morgan fingerprint density at radius 3 is 2.85 bits per heavy atom. The third-order valence-electron chi connectivity index (χ3n) is 4.63. The molecule has 2 aliphatic heterocycles. The van der Waals surface area contributed by atoms with Gasteiger partial charge in [-0.3, -0.25) is 4.90 Å². The van der Waals surface area contributed by atoms with E-state index in [9.17, 15) is 4.39 Å². The quantitative estimate of drug-likeness (QED) is 0.901. The second-order valence-electron chi connectivity index (χ2n) is 6.09. The van der Waals surface area contributed by atoms with Gasteiger partial charge in [0.2, 0.25) is 0 Å². The molecule has 110 valence electrons. The van der Waals surface area contributed by atoms with Crippen molar-refractivity contribution < 1.29 is 4.39 Å². The van der Waals surface area contributed by atoms with Crippen molar-refractivity contribution in [2.45, 2.75) is 38.3 Å². The predicted octanol–water partition coefficient (Wildman–Crippen LogP) is 2.52. The minimum Gasteiger partial charge on any atom is -0.370 e. The number of benzene rings is 1. The summed E-state index contributed by atoms with van der Waals surface area (Å²) in [5, 5.41) is 0. The molecular formula is C16H24FN3. The summed E-state index contributed by atoms with van der Waals surface area (Å²) in [5.41, 5.74) is 7.65. The van der Waals surface area contributed by atoms with Crippen LogP contribution in [0.3, 0.4) is 0 Å². The standard InChI is InChI=1S/C16H24FN3/c1-12(18)16-14(17)6-2-7-15(16)20-10-4-9-19-8-3-5-13(19)11-20/h2,6-7,12-13H,3-5,8-11,18H2,1H3/t12-,13?/m1/s1. The number of rotatable bonds is 2. The Labute approximate surface area is 120 Å². The number of halogens is 1. The van der Waals surface area contributed by atoms with Crippen molar-refractivity contribution in [2.24, 2.45) is 5.73 Å². The minimum atomic E-state index is -0.269. The molecule has 2 fully saturated rings. The third-order valence-corrected chi connectivity index (χ3v) is 4.63. The number of hydrogen-bond donors (Lipinski definition) is 1. The van der Waals surface area contributed by atoms with E-state index in [1.165, 1.54) is 32.0 Å². The van der Waals surface area contributed by atoms with E-state index in [0.29, 0.717) is 11.6 Å². The third kappa shape index (κ3) is 2.54. The van der Waals surface area contributed by atoms with Crippen molar-refractivity contribution >= 4 is 5.69 Å². The summed E-state index contributed by atoms with van der Waals surface area (Å²) in [5.74, 6) is -0.176. The van der Waals surface area contributed by atoms with Crippen molar-refractivity contribution in [3.05, 3.63) is 29.6 Å². The Hall–Kier alpha value is -1.13. The van der Waals surface area contributed by atoms with Gasteiger partial charge in [-0.25, -0.2) is 4.39 Å². The predicted molar refractivity (Wildman–Crippen MR) is 80.4 cm³/mol. The zero-order valence-corrected chi connectivity index (χ0v) is 12.2. The number of nitrogens with zero attached hydrogens (tertiary/aromatic N) is 2. The van der Waals surface area contributed by atoms with Crippen LogP contribution in [0.4, 0.5) is 10.1 Å². The van der Waals surface area contributed by atoms with Crippen LogP contribution in [-0.2, 0) is 0 Å². The zero-order chi connectivity index (χ0) is 14.1. The lowest BCUT2D eigenvalue weighted by Gasteiger charge is -2.30. The van der Waals surface area contributed by atoms with Gasteiger partial charge < -0.3 is 10.6 Å². The molecule has 0 bridgehead atoms. The molecular weight excluding hydrogens is 253 g/mol.